The molecule has 0 aliphatic carbocycles. The minimum absolute atomic E-state index is 0.0409. The standard InChI is InChI=1S/C50H49F7N2O9/c1-8-36(65-37-22-21-31(45(4,5)9-2)25-32(37)46(6,7)10-3)42(61)58-34-26-35(60)33(59-44(64)48(51,52)49(53,54)50(55,56)57)27-38(34)66-39-23-28(43(62)63)24-40-41(39)68-47(67-40,29-17-13-11-14-18-29)30-19-15-12-16-20-30/h11-27,36,60H,8-10H2,1-7H3,(H,58,61)(H,59,64)(H,62,63). The number of carbonyl (C=O) groups is 3. The Morgan fingerprint density at radius 2 is 1.28 bits per heavy atom. The smallest absolute Gasteiger partial charge is 0.460 e. The Morgan fingerprint density at radius 1 is 0.691 bits per heavy atom. The van der Waals surface area contributed by atoms with Gasteiger partial charge in [-0.2, -0.15) is 30.7 Å². The van der Waals surface area contributed by atoms with Crippen molar-refractivity contribution in [1.82, 2.24) is 0 Å². The number of halogens is 7. The predicted octanol–water partition coefficient (Wildman–Crippen LogP) is 12.5. The molecule has 0 saturated heterocycles. The lowest BCUT2D eigenvalue weighted by Gasteiger charge is -2.31. The summed E-state index contributed by atoms with van der Waals surface area (Å²) in [7, 11) is 0. The topological polar surface area (TPSA) is 153 Å². The number of rotatable bonds is 17. The number of hydrogen-bond acceptors (Lipinski definition) is 8. The summed E-state index contributed by atoms with van der Waals surface area (Å²) in [5, 5.41) is 24.9. The third-order valence-corrected chi connectivity index (χ3v) is 12.1. The van der Waals surface area contributed by atoms with Crippen LogP contribution in [0.1, 0.15) is 100 Å². The van der Waals surface area contributed by atoms with E-state index in [1.807, 2.05) is 32.9 Å². The van der Waals surface area contributed by atoms with E-state index in [1.54, 1.807) is 73.7 Å². The van der Waals surface area contributed by atoms with Gasteiger partial charge in [0.15, 0.2) is 23.4 Å². The van der Waals surface area contributed by atoms with Gasteiger partial charge in [-0.3, -0.25) is 9.59 Å². The van der Waals surface area contributed by atoms with Gasteiger partial charge in [-0.1, -0.05) is 121 Å². The molecule has 18 heteroatoms. The van der Waals surface area contributed by atoms with Gasteiger partial charge in [-0.15, -0.1) is 0 Å². The SMILES string of the molecule is CCC(Oc1ccc(C(C)(C)CC)cc1C(C)(C)CC)C(=O)Nc1cc(O)c(NC(=O)C(F)(F)C(F)(F)C(F)(F)F)cc1Oc1cc(C(=O)O)cc2c1OC(c1ccccc1)(c1ccccc1)O2. The maximum Gasteiger partial charge on any atom is 0.460 e. The van der Waals surface area contributed by atoms with E-state index in [9.17, 15) is 55.3 Å². The highest BCUT2D eigenvalue weighted by atomic mass is 19.4. The number of phenols is 1. The Labute approximate surface area is 387 Å². The van der Waals surface area contributed by atoms with Crippen LogP contribution in [0.3, 0.4) is 0 Å². The molecule has 6 rings (SSSR count). The van der Waals surface area contributed by atoms with Crippen molar-refractivity contribution >= 4 is 29.2 Å². The minimum Gasteiger partial charge on any atom is -0.506 e. The van der Waals surface area contributed by atoms with E-state index in [4.69, 9.17) is 18.9 Å². The minimum atomic E-state index is -6.87. The van der Waals surface area contributed by atoms with Crippen LogP contribution >= 0.6 is 0 Å². The number of hydrogen-bond donors (Lipinski definition) is 4. The van der Waals surface area contributed by atoms with Gasteiger partial charge >= 0.3 is 35.7 Å². The van der Waals surface area contributed by atoms with Crippen molar-refractivity contribution in [2.24, 2.45) is 0 Å². The third-order valence-electron chi connectivity index (χ3n) is 12.1. The van der Waals surface area contributed by atoms with Gasteiger partial charge in [-0.25, -0.2) is 4.79 Å². The van der Waals surface area contributed by atoms with Crippen molar-refractivity contribution in [3.8, 4) is 34.5 Å². The molecule has 0 bridgehead atoms. The van der Waals surface area contributed by atoms with Crippen LogP contribution < -0.4 is 29.6 Å². The number of fused-ring (bicyclic) bond motifs is 1. The van der Waals surface area contributed by atoms with E-state index >= 15 is 0 Å². The predicted molar refractivity (Wildman–Crippen MR) is 237 cm³/mol. The fourth-order valence-electron chi connectivity index (χ4n) is 7.15. The first-order chi connectivity index (χ1) is 31.7. The molecule has 0 aromatic heterocycles. The van der Waals surface area contributed by atoms with Gasteiger partial charge in [0, 0.05) is 28.8 Å². The molecule has 0 radical (unpaired) electrons. The van der Waals surface area contributed by atoms with Gasteiger partial charge in [0.25, 0.3) is 5.91 Å². The number of amides is 2. The van der Waals surface area contributed by atoms with Gasteiger partial charge in [0.05, 0.1) is 16.9 Å². The average Bonchev–Trinajstić information content (AvgIpc) is 3.71. The van der Waals surface area contributed by atoms with Gasteiger partial charge < -0.3 is 39.8 Å². The number of ether oxygens (including phenoxy) is 4. The van der Waals surface area contributed by atoms with E-state index in [-0.39, 0.29) is 23.3 Å². The second-order valence-electron chi connectivity index (χ2n) is 17.4. The summed E-state index contributed by atoms with van der Waals surface area (Å²) < 4.78 is 122. The van der Waals surface area contributed by atoms with Crippen LogP contribution in [0.2, 0.25) is 0 Å². The normalized spacial score (nSPS) is 14.2. The largest absolute Gasteiger partial charge is 0.506 e. The summed E-state index contributed by atoms with van der Waals surface area (Å²) in [5.41, 5.74) is -0.106. The van der Waals surface area contributed by atoms with Crippen molar-refractivity contribution < 1.29 is 74.3 Å². The molecular formula is C50H49F7N2O9. The molecule has 1 heterocycles. The maximum absolute atomic E-state index is 14.6. The molecule has 1 aliphatic heterocycles. The Hall–Kier alpha value is -6.98. The number of benzene rings is 5. The van der Waals surface area contributed by atoms with E-state index in [0.29, 0.717) is 35.4 Å². The number of phenolic OH excluding ortho intramolecular Hbond substituents is 1. The summed E-state index contributed by atoms with van der Waals surface area (Å²) in [6.45, 7) is 13.9. The Kier molecular flexibility index (Phi) is 13.8. The first-order valence-corrected chi connectivity index (χ1v) is 21.4. The second-order valence-corrected chi connectivity index (χ2v) is 17.4. The molecule has 1 aliphatic rings. The van der Waals surface area contributed by atoms with Crippen LogP contribution in [0.15, 0.2) is 103 Å². The van der Waals surface area contributed by atoms with Crippen LogP contribution in [-0.4, -0.2) is 52.1 Å². The molecule has 2 amide bonds. The number of aromatic carboxylic acids is 1. The van der Waals surface area contributed by atoms with Crippen LogP contribution in [0.25, 0.3) is 0 Å². The number of carboxylic acid groups (broad SMARTS) is 1. The zero-order valence-corrected chi connectivity index (χ0v) is 37.9. The lowest BCUT2D eigenvalue weighted by Crippen LogP contribution is -2.57. The molecule has 0 fully saturated rings. The van der Waals surface area contributed by atoms with Crippen LogP contribution in [0, 0.1) is 0 Å². The summed E-state index contributed by atoms with van der Waals surface area (Å²) in [6.07, 6.45) is -6.60. The average molecular weight is 955 g/mol. The van der Waals surface area contributed by atoms with Crippen molar-refractivity contribution in [2.75, 3.05) is 10.6 Å². The quantitative estimate of drug-likeness (QED) is 0.0527. The van der Waals surface area contributed by atoms with Crippen molar-refractivity contribution in [2.45, 2.75) is 108 Å². The van der Waals surface area contributed by atoms with Crippen molar-refractivity contribution in [3.05, 3.63) is 131 Å². The number of carbonyl (C=O) groups excluding carboxylic acids is 2. The second kappa shape index (κ2) is 18.6. The highest BCUT2D eigenvalue weighted by Crippen LogP contribution is 2.55. The van der Waals surface area contributed by atoms with E-state index < -0.39 is 87.3 Å². The van der Waals surface area contributed by atoms with Crippen LogP contribution in [0.5, 0.6) is 34.5 Å². The van der Waals surface area contributed by atoms with Crippen LogP contribution in [0.4, 0.5) is 42.1 Å². The number of carboxylic acids is 1. The van der Waals surface area contributed by atoms with Crippen molar-refractivity contribution in [3.63, 3.8) is 0 Å². The van der Waals surface area contributed by atoms with E-state index in [0.717, 1.165) is 29.7 Å². The molecule has 11 nitrogen and oxygen atoms in total. The molecule has 0 spiro atoms. The van der Waals surface area contributed by atoms with Gasteiger partial charge in [-0.05, 0) is 53.9 Å². The van der Waals surface area contributed by atoms with Crippen LogP contribution in [-0.2, 0) is 26.2 Å². The molecule has 68 heavy (non-hydrogen) atoms. The molecule has 1 unspecified atom stereocenters. The number of aromatic hydroxyl groups is 1. The van der Waals surface area contributed by atoms with E-state index in [2.05, 4.69) is 26.1 Å². The number of nitrogens with one attached hydrogen (secondary N) is 2. The Balaban J connectivity index is 1.46. The highest BCUT2D eigenvalue weighted by Gasteiger charge is 2.76. The summed E-state index contributed by atoms with van der Waals surface area (Å²) in [6, 6.07) is 25.8. The fourth-order valence-corrected chi connectivity index (χ4v) is 7.15. The molecule has 362 valence electrons. The number of anilines is 2. The first-order valence-electron chi connectivity index (χ1n) is 21.4. The zero-order valence-electron chi connectivity index (χ0n) is 37.9. The Morgan fingerprint density at radius 3 is 1.81 bits per heavy atom. The van der Waals surface area contributed by atoms with Gasteiger partial charge in [0.2, 0.25) is 5.75 Å². The third kappa shape index (κ3) is 9.58. The molecule has 4 N–H and O–H groups in total. The van der Waals surface area contributed by atoms with E-state index in [1.165, 1.54) is 5.32 Å². The zero-order chi connectivity index (χ0) is 50.2. The first kappa shape index (κ1) is 50.4. The Bertz CT molecular complexity index is 2650. The summed E-state index contributed by atoms with van der Waals surface area (Å²) in [5.74, 6) is -23.1. The summed E-state index contributed by atoms with van der Waals surface area (Å²) >= 11 is 0. The fraction of sp³-hybridized carbons (Fsp3) is 0.340. The lowest BCUT2D eigenvalue weighted by atomic mass is 9.76. The highest BCUT2D eigenvalue weighted by molar-refractivity contribution is 6.00. The van der Waals surface area contributed by atoms with Crippen molar-refractivity contribution in [1.29, 1.82) is 0 Å². The lowest BCUT2D eigenvalue weighted by molar-refractivity contribution is -0.343. The molecule has 1 atom stereocenters. The summed E-state index contributed by atoms with van der Waals surface area (Å²) in [4.78, 5) is 39.3. The molecule has 5 aromatic carbocycles. The maximum atomic E-state index is 14.6. The number of alkyl halides is 7. The monoisotopic (exact) mass is 954 g/mol. The van der Waals surface area contributed by atoms with Gasteiger partial charge in [0.1, 0.15) is 11.5 Å². The molecular weight excluding hydrogens is 906 g/mol. The molecule has 0 saturated carbocycles. The molecule has 5 aromatic rings.